The topological polar surface area (TPSA) is 70.4 Å². The molecule has 1 aliphatic heterocycles. The summed E-state index contributed by atoms with van der Waals surface area (Å²) in [6, 6.07) is 13.6. The summed E-state index contributed by atoms with van der Waals surface area (Å²) < 4.78 is 5.58. The van der Waals surface area contributed by atoms with E-state index in [1.54, 1.807) is 0 Å². The van der Waals surface area contributed by atoms with E-state index in [-0.39, 0.29) is 30.3 Å². The Kier molecular flexibility index (Phi) is 6.87. The number of fused-ring (bicyclic) bond motifs is 1. The predicted octanol–water partition coefficient (Wildman–Crippen LogP) is 5.86. The Hall–Kier alpha value is -3.04. The van der Waals surface area contributed by atoms with Crippen molar-refractivity contribution in [3.05, 3.63) is 58.0 Å². The van der Waals surface area contributed by atoms with Crippen molar-refractivity contribution < 1.29 is 14.3 Å². The third-order valence-corrected chi connectivity index (χ3v) is 6.09. The van der Waals surface area contributed by atoms with E-state index in [0.29, 0.717) is 10.7 Å². The van der Waals surface area contributed by atoms with Crippen LogP contribution in [0.3, 0.4) is 0 Å². The zero-order valence-electron chi connectivity index (χ0n) is 18.4. The fraction of sp³-hybridized carbons (Fsp3) is 0.320. The highest BCUT2D eigenvalue weighted by atomic mass is 32.2. The van der Waals surface area contributed by atoms with Crippen LogP contribution in [0.5, 0.6) is 5.75 Å². The Bertz CT molecular complexity index is 1070. The van der Waals surface area contributed by atoms with Gasteiger partial charge >= 0.3 is 5.97 Å². The molecule has 0 atom stereocenters. The number of esters is 1. The van der Waals surface area contributed by atoms with Crippen molar-refractivity contribution in [2.45, 2.75) is 51.3 Å². The largest absolute Gasteiger partial charge is 0.426 e. The Morgan fingerprint density at radius 2 is 1.77 bits per heavy atom. The van der Waals surface area contributed by atoms with Crippen molar-refractivity contribution in [3.63, 3.8) is 0 Å². The number of hydrogen-bond donors (Lipinski definition) is 0. The lowest BCUT2D eigenvalue weighted by Gasteiger charge is -2.28. The van der Waals surface area contributed by atoms with Gasteiger partial charge in [-0.2, -0.15) is 5.26 Å². The molecule has 1 heterocycles. The van der Waals surface area contributed by atoms with E-state index in [2.05, 4.69) is 33.8 Å². The number of benzene rings is 2. The molecule has 0 bridgehead atoms. The summed E-state index contributed by atoms with van der Waals surface area (Å²) in [6.45, 7) is 9.60. The normalized spacial score (nSPS) is 14.7. The molecule has 2 aromatic rings. The summed E-state index contributed by atoms with van der Waals surface area (Å²) in [5.74, 6) is 0.341. The van der Waals surface area contributed by atoms with Gasteiger partial charge in [0.1, 0.15) is 12.3 Å². The van der Waals surface area contributed by atoms with E-state index in [1.165, 1.54) is 23.6 Å². The number of carbonyl (C=O) groups is 2. The first-order chi connectivity index (χ1) is 14.7. The van der Waals surface area contributed by atoms with Crippen molar-refractivity contribution in [2.75, 3.05) is 11.4 Å². The second-order valence-electron chi connectivity index (χ2n) is 8.06. The first-order valence-electron chi connectivity index (χ1n) is 10.3. The molecule has 0 unspecified atom stereocenters. The van der Waals surface area contributed by atoms with Gasteiger partial charge in [-0.25, -0.2) is 0 Å². The fourth-order valence-electron chi connectivity index (χ4n) is 3.54. The molecule has 0 N–H and O–H groups in total. The van der Waals surface area contributed by atoms with Gasteiger partial charge in [-0.15, -0.1) is 0 Å². The van der Waals surface area contributed by atoms with Gasteiger partial charge in [0.05, 0.1) is 16.7 Å². The second-order valence-corrected chi connectivity index (χ2v) is 9.14. The number of hydrogen-bond acceptors (Lipinski definition) is 5. The van der Waals surface area contributed by atoms with Crippen molar-refractivity contribution >= 4 is 35.4 Å². The average molecular weight is 435 g/mol. The summed E-state index contributed by atoms with van der Waals surface area (Å²) in [6.07, 6.45) is 1.86. The van der Waals surface area contributed by atoms with Crippen LogP contribution in [0.25, 0.3) is 6.08 Å². The summed E-state index contributed by atoms with van der Waals surface area (Å²) >= 11 is 1.41. The number of rotatable bonds is 5. The van der Waals surface area contributed by atoms with E-state index >= 15 is 0 Å². The van der Waals surface area contributed by atoms with Crippen molar-refractivity contribution in [1.29, 1.82) is 5.26 Å². The molecule has 0 saturated carbocycles. The molecular formula is C25H26N2O3S. The van der Waals surface area contributed by atoms with Crippen molar-refractivity contribution in [3.8, 4) is 11.8 Å². The minimum atomic E-state index is -0.350. The van der Waals surface area contributed by atoms with Crippen LogP contribution in [0.2, 0.25) is 0 Å². The van der Waals surface area contributed by atoms with Crippen LogP contribution < -0.4 is 9.64 Å². The lowest BCUT2D eigenvalue weighted by Crippen LogP contribution is -2.34. The number of ether oxygens (including phenoxy) is 1. The zero-order valence-corrected chi connectivity index (χ0v) is 19.2. The first-order valence-corrected chi connectivity index (χ1v) is 11.1. The Labute approximate surface area is 187 Å². The number of thioether (sulfide) groups is 1. The molecule has 1 aliphatic rings. The predicted molar refractivity (Wildman–Crippen MR) is 124 cm³/mol. The van der Waals surface area contributed by atoms with Crippen LogP contribution in [-0.2, 0) is 9.59 Å². The summed E-state index contributed by atoms with van der Waals surface area (Å²) in [5.41, 5.74) is 3.48. The molecule has 2 aromatic carbocycles. The maximum Gasteiger partial charge on any atom is 0.308 e. The first kappa shape index (κ1) is 22.6. The second kappa shape index (κ2) is 9.40. The molecule has 0 spiro atoms. The minimum absolute atomic E-state index is 0.00633. The van der Waals surface area contributed by atoms with Gasteiger partial charge in [-0.3, -0.25) is 14.5 Å². The molecule has 0 aliphatic carbocycles. The SMILES string of the molecule is CC(=O)Oc1c(C(C)C)cc(C=C2Sc3ccccc3N(CC#N)C2=O)cc1C(C)C. The third-order valence-electron chi connectivity index (χ3n) is 5.02. The lowest BCUT2D eigenvalue weighted by molar-refractivity contribution is -0.132. The van der Waals surface area contributed by atoms with Crippen LogP contribution in [0, 0.1) is 11.3 Å². The average Bonchev–Trinajstić information content (AvgIpc) is 2.71. The van der Waals surface area contributed by atoms with E-state index in [4.69, 9.17) is 4.74 Å². The number of para-hydroxylation sites is 1. The van der Waals surface area contributed by atoms with Crippen LogP contribution in [0.15, 0.2) is 46.2 Å². The Morgan fingerprint density at radius 1 is 1.16 bits per heavy atom. The van der Waals surface area contributed by atoms with E-state index in [0.717, 1.165) is 27.3 Å². The molecular weight excluding hydrogens is 408 g/mol. The van der Waals surface area contributed by atoms with Crippen molar-refractivity contribution in [2.24, 2.45) is 0 Å². The highest BCUT2D eigenvalue weighted by molar-refractivity contribution is 8.04. The van der Waals surface area contributed by atoms with Gasteiger partial charge < -0.3 is 4.74 Å². The zero-order chi connectivity index (χ0) is 22.7. The lowest BCUT2D eigenvalue weighted by atomic mass is 9.91. The maximum atomic E-state index is 13.1. The van der Waals surface area contributed by atoms with E-state index in [9.17, 15) is 14.9 Å². The number of amides is 1. The van der Waals surface area contributed by atoms with Gasteiger partial charge in [0.25, 0.3) is 5.91 Å². The number of carbonyl (C=O) groups excluding carboxylic acids is 2. The van der Waals surface area contributed by atoms with E-state index in [1.807, 2.05) is 42.5 Å². The number of anilines is 1. The summed E-state index contributed by atoms with van der Waals surface area (Å²) in [5, 5.41) is 9.22. The van der Waals surface area contributed by atoms with Crippen LogP contribution in [0.1, 0.15) is 63.1 Å². The van der Waals surface area contributed by atoms with Crippen molar-refractivity contribution in [1.82, 2.24) is 0 Å². The Morgan fingerprint density at radius 3 is 2.32 bits per heavy atom. The standard InChI is InChI=1S/C25H26N2O3S/c1-15(2)19-12-18(13-20(16(3)4)24(19)30-17(5)28)14-23-25(29)27(11-10-26)21-8-6-7-9-22(21)31-23/h6-9,12-16H,11H2,1-5H3. The minimum Gasteiger partial charge on any atom is -0.426 e. The molecule has 5 nitrogen and oxygen atoms in total. The highest BCUT2D eigenvalue weighted by Gasteiger charge is 2.29. The third kappa shape index (κ3) is 4.83. The molecule has 0 aromatic heterocycles. The smallest absolute Gasteiger partial charge is 0.308 e. The van der Waals surface area contributed by atoms with Gasteiger partial charge in [0.15, 0.2) is 0 Å². The molecule has 0 saturated heterocycles. The quantitative estimate of drug-likeness (QED) is 0.255. The highest BCUT2D eigenvalue weighted by Crippen LogP contribution is 2.43. The molecule has 31 heavy (non-hydrogen) atoms. The van der Waals surface area contributed by atoms with Gasteiger partial charge in [0.2, 0.25) is 0 Å². The molecule has 0 radical (unpaired) electrons. The monoisotopic (exact) mass is 434 g/mol. The molecule has 0 fully saturated rings. The van der Waals surface area contributed by atoms with Gasteiger partial charge in [0, 0.05) is 11.8 Å². The molecule has 6 heteroatoms. The summed E-state index contributed by atoms with van der Waals surface area (Å²) in [7, 11) is 0. The molecule has 1 amide bonds. The van der Waals surface area contributed by atoms with Crippen LogP contribution in [0.4, 0.5) is 5.69 Å². The van der Waals surface area contributed by atoms with Gasteiger partial charge in [-0.05, 0) is 58.9 Å². The molecule has 160 valence electrons. The Balaban J connectivity index is 2.14. The molecule has 3 rings (SSSR count). The number of nitriles is 1. The van der Waals surface area contributed by atoms with Gasteiger partial charge in [-0.1, -0.05) is 51.6 Å². The number of nitrogens with zero attached hydrogens (tertiary/aromatic N) is 2. The summed E-state index contributed by atoms with van der Waals surface area (Å²) in [4.78, 5) is 27.9. The fourth-order valence-corrected chi connectivity index (χ4v) is 4.60. The maximum absolute atomic E-state index is 13.1. The van der Waals surface area contributed by atoms with Crippen LogP contribution >= 0.6 is 11.8 Å². The van der Waals surface area contributed by atoms with Crippen LogP contribution in [-0.4, -0.2) is 18.4 Å². The van der Waals surface area contributed by atoms with E-state index < -0.39 is 0 Å².